The summed E-state index contributed by atoms with van der Waals surface area (Å²) in [6.45, 7) is 9.37. The highest BCUT2D eigenvalue weighted by atomic mass is 14.8. The molecule has 0 aromatic heterocycles. The summed E-state index contributed by atoms with van der Waals surface area (Å²) in [6, 6.07) is 7.11. The topological polar surface area (TPSA) is 12.0 Å². The van der Waals surface area contributed by atoms with Gasteiger partial charge < -0.3 is 5.32 Å². The predicted octanol–water partition coefficient (Wildman–Crippen LogP) is 5.47. The summed E-state index contributed by atoms with van der Waals surface area (Å²) in [7, 11) is 1.93. The molecule has 1 nitrogen and oxygen atoms in total. The van der Waals surface area contributed by atoms with Crippen molar-refractivity contribution in [3.05, 3.63) is 34.9 Å². The van der Waals surface area contributed by atoms with Crippen LogP contribution in [0.15, 0.2) is 18.2 Å². The van der Waals surface area contributed by atoms with Crippen molar-refractivity contribution >= 4 is 0 Å². The van der Waals surface area contributed by atoms with Crippen LogP contribution in [0.3, 0.4) is 0 Å². The van der Waals surface area contributed by atoms with Gasteiger partial charge >= 0.3 is 0 Å². The summed E-state index contributed by atoms with van der Waals surface area (Å²) in [5.41, 5.74) is 4.79. The smallest absolute Gasteiger partial charge is 0.00804 e. The van der Waals surface area contributed by atoms with E-state index < -0.39 is 0 Å². The van der Waals surface area contributed by atoms with Crippen LogP contribution in [-0.2, 0) is 6.42 Å². The van der Waals surface area contributed by atoms with Crippen molar-refractivity contribution in [2.75, 3.05) is 13.6 Å². The largest absolute Gasteiger partial charge is 0.320 e. The van der Waals surface area contributed by atoms with E-state index in [1.807, 2.05) is 20.9 Å². The second-order valence-electron chi connectivity index (χ2n) is 6.10. The summed E-state index contributed by atoms with van der Waals surface area (Å²) in [5, 5.41) is 2.93. The molecule has 2 atom stereocenters. The Morgan fingerprint density at radius 2 is 1.76 bits per heavy atom. The maximum Gasteiger partial charge on any atom is -0.00804 e. The molecule has 1 N–H and O–H groups in total. The first-order valence-electron chi connectivity index (χ1n) is 9.00. The maximum absolute atomic E-state index is 2.93. The zero-order chi connectivity index (χ0) is 15.7. The summed E-state index contributed by atoms with van der Waals surface area (Å²) >= 11 is 0. The Labute approximate surface area is 132 Å². The van der Waals surface area contributed by atoms with Gasteiger partial charge in [0.15, 0.2) is 0 Å². The lowest BCUT2D eigenvalue weighted by Crippen LogP contribution is -2.23. The van der Waals surface area contributed by atoms with Gasteiger partial charge in [-0.3, -0.25) is 0 Å². The minimum atomic E-state index is 0.905. The Bertz CT molecular complexity index is 395. The first kappa shape index (κ1) is 18.2. The van der Waals surface area contributed by atoms with E-state index in [4.69, 9.17) is 0 Å². The number of benzene rings is 1. The highest BCUT2D eigenvalue weighted by molar-refractivity contribution is 5.37. The number of hydrogen-bond donors (Lipinski definition) is 1. The molecule has 3 rings (SSSR count). The normalized spacial score (nSPS) is 22.7. The lowest BCUT2D eigenvalue weighted by Gasteiger charge is -2.37. The zero-order valence-electron chi connectivity index (χ0n) is 14.8. The molecule has 2 aliphatic carbocycles. The summed E-state index contributed by atoms with van der Waals surface area (Å²) < 4.78 is 0. The maximum atomic E-state index is 2.93. The average molecular weight is 290 g/mol. The van der Waals surface area contributed by atoms with Gasteiger partial charge in [0.05, 0.1) is 0 Å². The second-order valence-corrected chi connectivity index (χ2v) is 6.10. The number of nitrogens with one attached hydrogen (secondary N) is 1. The van der Waals surface area contributed by atoms with Crippen molar-refractivity contribution in [3.8, 4) is 0 Å². The lowest BCUT2D eigenvalue weighted by atomic mass is 9.68. The predicted molar refractivity (Wildman–Crippen MR) is 95.1 cm³/mol. The molecule has 1 saturated carbocycles. The van der Waals surface area contributed by atoms with Crippen LogP contribution in [0, 0.1) is 12.8 Å². The van der Waals surface area contributed by atoms with Crippen LogP contribution in [-0.4, -0.2) is 13.6 Å². The van der Waals surface area contributed by atoms with Crippen molar-refractivity contribution in [2.45, 2.75) is 72.1 Å². The molecule has 0 heterocycles. The lowest BCUT2D eigenvalue weighted by molar-refractivity contribution is 0.275. The van der Waals surface area contributed by atoms with E-state index in [0.29, 0.717) is 0 Å². The number of rotatable bonds is 1. The van der Waals surface area contributed by atoms with Gasteiger partial charge in [-0.2, -0.15) is 0 Å². The van der Waals surface area contributed by atoms with Gasteiger partial charge in [-0.05, 0) is 69.2 Å². The molecule has 0 bridgehead atoms. The summed E-state index contributed by atoms with van der Waals surface area (Å²) in [4.78, 5) is 0. The van der Waals surface area contributed by atoms with Crippen LogP contribution in [0.5, 0.6) is 0 Å². The quantitative estimate of drug-likeness (QED) is 0.723. The molecule has 0 radical (unpaired) electrons. The van der Waals surface area contributed by atoms with Crippen LogP contribution in [0.25, 0.3) is 0 Å². The SMILES string of the molecule is CC.CCNC.Cc1ccc2c(c1)C1CCCCC1CC2. The molecule has 2 aliphatic rings. The third kappa shape index (κ3) is 5.14. The second kappa shape index (κ2) is 10.00. The molecule has 21 heavy (non-hydrogen) atoms. The third-order valence-electron chi connectivity index (χ3n) is 4.75. The van der Waals surface area contributed by atoms with Gasteiger partial charge in [-0.1, -0.05) is 57.4 Å². The van der Waals surface area contributed by atoms with Crippen molar-refractivity contribution in [3.63, 3.8) is 0 Å². The fourth-order valence-corrected chi connectivity index (χ4v) is 3.59. The molecule has 1 aromatic carbocycles. The van der Waals surface area contributed by atoms with Gasteiger partial charge in [0.25, 0.3) is 0 Å². The Kier molecular flexibility index (Phi) is 8.68. The zero-order valence-corrected chi connectivity index (χ0v) is 14.8. The molecule has 1 aromatic rings. The van der Waals surface area contributed by atoms with Crippen molar-refractivity contribution < 1.29 is 0 Å². The first-order valence-corrected chi connectivity index (χ1v) is 9.00. The highest BCUT2D eigenvalue weighted by Gasteiger charge is 2.31. The van der Waals surface area contributed by atoms with Gasteiger partial charge in [0.2, 0.25) is 0 Å². The summed E-state index contributed by atoms with van der Waals surface area (Å²) in [5.74, 6) is 1.91. The molecule has 1 heteroatoms. The van der Waals surface area contributed by atoms with Crippen LogP contribution in [0.2, 0.25) is 0 Å². The molecule has 0 spiro atoms. The molecular weight excluding hydrogens is 254 g/mol. The van der Waals surface area contributed by atoms with E-state index in [-0.39, 0.29) is 0 Å². The fraction of sp³-hybridized carbons (Fsp3) is 0.700. The van der Waals surface area contributed by atoms with E-state index in [1.165, 1.54) is 44.1 Å². The molecule has 2 unspecified atom stereocenters. The van der Waals surface area contributed by atoms with Crippen LogP contribution >= 0.6 is 0 Å². The van der Waals surface area contributed by atoms with Crippen molar-refractivity contribution in [1.29, 1.82) is 0 Å². The van der Waals surface area contributed by atoms with Crippen LogP contribution < -0.4 is 5.32 Å². The monoisotopic (exact) mass is 289 g/mol. The van der Waals surface area contributed by atoms with Crippen LogP contribution in [0.1, 0.15) is 75.5 Å². The highest BCUT2D eigenvalue weighted by Crippen LogP contribution is 2.45. The number of fused-ring (bicyclic) bond motifs is 3. The fourth-order valence-electron chi connectivity index (χ4n) is 3.59. The molecule has 1 fully saturated rings. The van der Waals surface area contributed by atoms with E-state index in [0.717, 1.165) is 18.4 Å². The molecular formula is C20H35N. The van der Waals surface area contributed by atoms with Crippen molar-refractivity contribution in [2.24, 2.45) is 5.92 Å². The Morgan fingerprint density at radius 1 is 1.10 bits per heavy atom. The Hall–Kier alpha value is -0.820. The minimum absolute atomic E-state index is 0.905. The number of aryl methyl sites for hydroxylation is 2. The first-order chi connectivity index (χ1) is 10.3. The standard InChI is InChI=1S/C15H20.C3H9N.C2H6/c1-11-6-7-13-9-8-12-4-2-3-5-14(12)15(13)10-11;1-3-4-2;1-2/h6-7,10,12,14H,2-5,8-9H2,1H3;4H,3H2,1-2H3;1-2H3. The minimum Gasteiger partial charge on any atom is -0.320 e. The Morgan fingerprint density at radius 3 is 2.43 bits per heavy atom. The van der Waals surface area contributed by atoms with Crippen molar-refractivity contribution in [1.82, 2.24) is 5.32 Å². The molecule has 120 valence electrons. The van der Waals surface area contributed by atoms with E-state index in [2.05, 4.69) is 37.4 Å². The van der Waals surface area contributed by atoms with Crippen LogP contribution in [0.4, 0.5) is 0 Å². The molecule has 0 amide bonds. The Balaban J connectivity index is 0.000000322. The average Bonchev–Trinajstić information content (AvgIpc) is 2.57. The van der Waals surface area contributed by atoms with Gasteiger partial charge in [0.1, 0.15) is 0 Å². The third-order valence-corrected chi connectivity index (χ3v) is 4.75. The van der Waals surface area contributed by atoms with Gasteiger partial charge in [-0.25, -0.2) is 0 Å². The summed E-state index contributed by atoms with van der Waals surface area (Å²) in [6.07, 6.45) is 8.63. The number of hydrogen-bond acceptors (Lipinski definition) is 1. The van der Waals surface area contributed by atoms with E-state index in [9.17, 15) is 0 Å². The van der Waals surface area contributed by atoms with E-state index >= 15 is 0 Å². The van der Waals surface area contributed by atoms with Gasteiger partial charge in [-0.15, -0.1) is 0 Å². The van der Waals surface area contributed by atoms with Gasteiger partial charge in [0, 0.05) is 0 Å². The molecule has 0 aliphatic heterocycles. The van der Waals surface area contributed by atoms with E-state index in [1.54, 1.807) is 11.1 Å². The molecule has 0 saturated heterocycles.